The molecule has 4 rings (SSSR count). The van der Waals surface area contributed by atoms with Gasteiger partial charge < -0.3 is 16.4 Å². The molecule has 0 aromatic heterocycles. The summed E-state index contributed by atoms with van der Waals surface area (Å²) in [6.07, 6.45) is 2.25. The Bertz CT molecular complexity index is 837. The van der Waals surface area contributed by atoms with E-state index in [4.69, 9.17) is 5.73 Å². The van der Waals surface area contributed by atoms with E-state index in [2.05, 4.69) is 10.6 Å². The Morgan fingerprint density at radius 1 is 1.04 bits per heavy atom. The number of nitrogens with two attached hydrogens (primary N) is 1. The second kappa shape index (κ2) is 7.13. The van der Waals surface area contributed by atoms with Crippen LogP contribution in [0.25, 0.3) is 0 Å². The van der Waals surface area contributed by atoms with Crippen LogP contribution in [0.15, 0.2) is 58.3 Å². The average Bonchev–Trinajstić information content (AvgIpc) is 3.25. The number of rotatable bonds is 5. The lowest BCUT2D eigenvalue weighted by Gasteiger charge is -2.24. The normalized spacial score (nSPS) is 23.8. The minimum atomic E-state index is -0.436. The van der Waals surface area contributed by atoms with E-state index in [1.54, 1.807) is 12.1 Å². The molecular weight excluding hydrogens is 346 g/mol. The molecule has 1 aliphatic carbocycles. The number of piperidine rings is 1. The smallest absolute Gasteiger partial charge is 0.251 e. The number of hydrogen-bond acceptors (Lipinski definition) is 4. The van der Waals surface area contributed by atoms with Gasteiger partial charge in [0, 0.05) is 33.0 Å². The zero-order chi connectivity index (χ0) is 18.1. The monoisotopic (exact) mass is 367 g/mol. The summed E-state index contributed by atoms with van der Waals surface area (Å²) in [7, 11) is 0. The summed E-state index contributed by atoms with van der Waals surface area (Å²) in [6.45, 7) is 1.08. The number of hydrogen-bond donors (Lipinski definition) is 3. The highest BCUT2D eigenvalue weighted by Crippen LogP contribution is 2.31. The minimum Gasteiger partial charge on any atom is -0.366 e. The molecule has 5 nitrogen and oxygen atoms in total. The molecule has 0 radical (unpaired) electrons. The van der Waals surface area contributed by atoms with E-state index < -0.39 is 5.91 Å². The fourth-order valence-corrected chi connectivity index (χ4v) is 4.66. The van der Waals surface area contributed by atoms with Crippen molar-refractivity contribution in [3.63, 3.8) is 0 Å². The summed E-state index contributed by atoms with van der Waals surface area (Å²) in [5.41, 5.74) is 6.48. The quantitative estimate of drug-likeness (QED) is 0.758. The van der Waals surface area contributed by atoms with Crippen LogP contribution in [-0.2, 0) is 0 Å². The van der Waals surface area contributed by atoms with Crippen molar-refractivity contribution >= 4 is 23.6 Å². The molecule has 134 valence electrons. The fraction of sp³-hybridized carbons (Fsp3) is 0.300. The van der Waals surface area contributed by atoms with E-state index in [9.17, 15) is 9.59 Å². The Kier molecular flexibility index (Phi) is 4.70. The molecule has 2 fully saturated rings. The van der Waals surface area contributed by atoms with E-state index in [-0.39, 0.29) is 11.9 Å². The fourth-order valence-electron chi connectivity index (χ4n) is 3.79. The zero-order valence-corrected chi connectivity index (χ0v) is 15.1. The number of amides is 2. The summed E-state index contributed by atoms with van der Waals surface area (Å²) in [4.78, 5) is 25.7. The third-order valence-electron chi connectivity index (χ3n) is 5.12. The highest BCUT2D eigenvalue weighted by atomic mass is 32.2. The lowest BCUT2D eigenvalue weighted by Crippen LogP contribution is -2.47. The van der Waals surface area contributed by atoms with Gasteiger partial charge in [-0.3, -0.25) is 9.59 Å². The molecular formula is C20H21N3O2S. The van der Waals surface area contributed by atoms with Gasteiger partial charge in [-0.2, -0.15) is 0 Å². The lowest BCUT2D eigenvalue weighted by atomic mass is 10.1. The van der Waals surface area contributed by atoms with Crippen molar-refractivity contribution in [2.45, 2.75) is 34.7 Å². The lowest BCUT2D eigenvalue weighted by molar-refractivity contribution is 0.0927. The molecule has 2 aliphatic rings. The SMILES string of the molecule is NC(=O)c1cccc(Sc2ccc(C(=O)NC3CC4CNC3C4)cc2)c1. The van der Waals surface area contributed by atoms with Crippen molar-refractivity contribution < 1.29 is 9.59 Å². The van der Waals surface area contributed by atoms with E-state index in [1.165, 1.54) is 18.2 Å². The first-order valence-electron chi connectivity index (χ1n) is 8.80. The Hall–Kier alpha value is -2.31. The summed E-state index contributed by atoms with van der Waals surface area (Å²) in [5.74, 6) is 0.256. The maximum Gasteiger partial charge on any atom is 0.251 e. The van der Waals surface area contributed by atoms with Gasteiger partial charge in [-0.25, -0.2) is 0 Å². The molecule has 2 aromatic carbocycles. The van der Waals surface area contributed by atoms with Crippen LogP contribution >= 0.6 is 11.8 Å². The van der Waals surface area contributed by atoms with Crippen LogP contribution in [0.3, 0.4) is 0 Å². The summed E-state index contributed by atoms with van der Waals surface area (Å²) in [6, 6.07) is 15.4. The molecule has 0 spiro atoms. The molecule has 1 heterocycles. The Balaban J connectivity index is 1.39. The van der Waals surface area contributed by atoms with Crippen LogP contribution in [0.5, 0.6) is 0 Å². The molecule has 1 saturated carbocycles. The predicted molar refractivity (Wildman–Crippen MR) is 101 cm³/mol. The van der Waals surface area contributed by atoms with Gasteiger partial charge in [0.25, 0.3) is 5.91 Å². The van der Waals surface area contributed by atoms with Crippen molar-refractivity contribution in [1.29, 1.82) is 0 Å². The number of fused-ring (bicyclic) bond motifs is 2. The summed E-state index contributed by atoms with van der Waals surface area (Å²) in [5, 5.41) is 6.62. The van der Waals surface area contributed by atoms with Gasteiger partial charge in [-0.05, 0) is 67.8 Å². The molecule has 6 heteroatoms. The van der Waals surface area contributed by atoms with Gasteiger partial charge >= 0.3 is 0 Å². The Morgan fingerprint density at radius 2 is 1.85 bits per heavy atom. The van der Waals surface area contributed by atoms with Crippen LogP contribution in [-0.4, -0.2) is 30.4 Å². The maximum absolute atomic E-state index is 12.5. The van der Waals surface area contributed by atoms with Gasteiger partial charge in [-0.15, -0.1) is 0 Å². The molecule has 2 aromatic rings. The zero-order valence-electron chi connectivity index (χ0n) is 14.3. The van der Waals surface area contributed by atoms with Crippen molar-refractivity contribution in [1.82, 2.24) is 10.6 Å². The second-order valence-electron chi connectivity index (χ2n) is 6.95. The van der Waals surface area contributed by atoms with Crippen molar-refractivity contribution in [3.05, 3.63) is 59.7 Å². The molecule has 4 N–H and O–H groups in total. The van der Waals surface area contributed by atoms with Gasteiger partial charge in [-0.1, -0.05) is 17.8 Å². The van der Waals surface area contributed by atoms with Crippen LogP contribution < -0.4 is 16.4 Å². The van der Waals surface area contributed by atoms with E-state index >= 15 is 0 Å². The van der Waals surface area contributed by atoms with Gasteiger partial charge in [0.15, 0.2) is 0 Å². The topological polar surface area (TPSA) is 84.2 Å². The van der Waals surface area contributed by atoms with Crippen LogP contribution in [0.4, 0.5) is 0 Å². The molecule has 2 bridgehead atoms. The largest absolute Gasteiger partial charge is 0.366 e. The van der Waals surface area contributed by atoms with Crippen LogP contribution in [0, 0.1) is 5.92 Å². The number of benzene rings is 2. The molecule has 3 unspecified atom stereocenters. The van der Waals surface area contributed by atoms with Gasteiger partial charge in [0.2, 0.25) is 5.91 Å². The Labute approximate surface area is 156 Å². The second-order valence-corrected chi connectivity index (χ2v) is 8.10. The number of nitrogens with one attached hydrogen (secondary N) is 2. The first-order chi connectivity index (χ1) is 12.6. The van der Waals surface area contributed by atoms with Crippen LogP contribution in [0.2, 0.25) is 0 Å². The standard InChI is InChI=1S/C20H21N3O2S/c21-19(24)14-2-1-3-16(10-14)26-15-6-4-13(5-7-15)20(25)23-18-9-12-8-17(18)22-11-12/h1-7,10,12,17-18,22H,8-9,11H2,(H2,21,24)(H,23,25). The number of carbonyl (C=O) groups excluding carboxylic acids is 2. The minimum absolute atomic E-state index is 0.0170. The highest BCUT2D eigenvalue weighted by molar-refractivity contribution is 7.99. The van der Waals surface area contributed by atoms with Crippen LogP contribution in [0.1, 0.15) is 33.6 Å². The summed E-state index contributed by atoms with van der Waals surface area (Å²) < 4.78 is 0. The van der Waals surface area contributed by atoms with Gasteiger partial charge in [0.1, 0.15) is 0 Å². The summed E-state index contributed by atoms with van der Waals surface area (Å²) >= 11 is 1.53. The first kappa shape index (κ1) is 17.1. The third kappa shape index (κ3) is 3.61. The number of carbonyl (C=O) groups is 2. The first-order valence-corrected chi connectivity index (χ1v) is 9.62. The molecule has 1 aliphatic heterocycles. The van der Waals surface area contributed by atoms with E-state index in [0.29, 0.717) is 23.1 Å². The number of primary amides is 1. The molecule has 26 heavy (non-hydrogen) atoms. The van der Waals surface area contributed by atoms with Crippen molar-refractivity contribution in [2.24, 2.45) is 11.7 Å². The van der Waals surface area contributed by atoms with Gasteiger partial charge in [0.05, 0.1) is 0 Å². The Morgan fingerprint density at radius 3 is 2.50 bits per heavy atom. The molecule has 3 atom stereocenters. The third-order valence-corrected chi connectivity index (χ3v) is 6.11. The predicted octanol–water partition coefficient (Wildman–Crippen LogP) is 2.42. The molecule has 1 saturated heterocycles. The highest BCUT2D eigenvalue weighted by Gasteiger charge is 2.39. The van der Waals surface area contributed by atoms with E-state index in [1.807, 2.05) is 36.4 Å². The van der Waals surface area contributed by atoms with E-state index in [0.717, 1.165) is 22.8 Å². The average molecular weight is 367 g/mol. The van der Waals surface area contributed by atoms with Crippen molar-refractivity contribution in [3.8, 4) is 0 Å². The maximum atomic E-state index is 12.5. The van der Waals surface area contributed by atoms with Crippen molar-refractivity contribution in [2.75, 3.05) is 6.54 Å². The molecule has 2 amide bonds.